The van der Waals surface area contributed by atoms with Gasteiger partial charge >= 0.3 is 12.1 Å². The minimum Gasteiger partial charge on any atom is -0.489 e. The van der Waals surface area contributed by atoms with E-state index in [2.05, 4.69) is 0 Å². The first-order chi connectivity index (χ1) is 16.2. The Morgan fingerprint density at radius 2 is 1.85 bits per heavy atom. The molecule has 1 aliphatic rings. The van der Waals surface area contributed by atoms with Crippen LogP contribution in [0.2, 0.25) is 0 Å². The van der Waals surface area contributed by atoms with Gasteiger partial charge in [0.05, 0.1) is 18.7 Å². The number of carbonyl (C=O) groups excluding carboxylic acids is 1. The molecule has 178 valence electrons. The van der Waals surface area contributed by atoms with Crippen LogP contribution in [0.25, 0.3) is 11.1 Å². The van der Waals surface area contributed by atoms with E-state index in [1.807, 2.05) is 0 Å². The Balaban J connectivity index is 1.50. The smallest absolute Gasteiger partial charge is 0.426 e. The number of rotatable bonds is 7. The molecule has 0 radical (unpaired) electrons. The molecule has 6 nitrogen and oxygen atoms in total. The van der Waals surface area contributed by atoms with Crippen LogP contribution in [-0.4, -0.2) is 30.1 Å². The number of ether oxygens (including phenoxy) is 2. The van der Waals surface area contributed by atoms with E-state index in [4.69, 9.17) is 14.6 Å². The molecule has 34 heavy (non-hydrogen) atoms. The summed E-state index contributed by atoms with van der Waals surface area (Å²) in [7, 11) is 0. The number of hydrogen-bond acceptors (Lipinski definition) is 5. The average molecular weight is 491 g/mol. The lowest BCUT2D eigenvalue weighted by Gasteiger charge is -2.29. The number of carboxylic acid groups (broad SMARTS) is 1. The number of anilines is 1. The Kier molecular flexibility index (Phi) is 6.78. The highest BCUT2D eigenvalue weighted by Gasteiger charge is 2.36. The second kappa shape index (κ2) is 9.76. The van der Waals surface area contributed by atoms with Crippen LogP contribution in [0.1, 0.15) is 22.6 Å². The van der Waals surface area contributed by atoms with Gasteiger partial charge in [0.2, 0.25) is 5.91 Å². The first-order valence-corrected chi connectivity index (χ1v) is 11.2. The minimum atomic E-state index is -4.48. The number of benzene rings is 2. The van der Waals surface area contributed by atoms with Gasteiger partial charge in [0.15, 0.2) is 0 Å². The molecule has 3 aromatic rings. The second-order valence-corrected chi connectivity index (χ2v) is 8.66. The molecule has 0 bridgehead atoms. The minimum absolute atomic E-state index is 0.0688. The van der Waals surface area contributed by atoms with Gasteiger partial charge in [0.25, 0.3) is 0 Å². The molecule has 0 unspecified atom stereocenters. The molecule has 1 N–H and O–H groups in total. The summed E-state index contributed by atoms with van der Waals surface area (Å²) in [6, 6.07) is 14.7. The summed E-state index contributed by atoms with van der Waals surface area (Å²) in [5, 5.41) is 8.80. The van der Waals surface area contributed by atoms with E-state index in [0.717, 1.165) is 0 Å². The quantitative estimate of drug-likeness (QED) is 0.466. The van der Waals surface area contributed by atoms with Crippen LogP contribution in [0.15, 0.2) is 54.6 Å². The van der Waals surface area contributed by atoms with Crippen LogP contribution in [0.5, 0.6) is 11.5 Å². The van der Waals surface area contributed by atoms with Gasteiger partial charge in [0, 0.05) is 22.9 Å². The number of amides is 1. The first-order valence-electron chi connectivity index (χ1n) is 10.4. The highest BCUT2D eigenvalue weighted by atomic mass is 32.1. The van der Waals surface area contributed by atoms with Crippen molar-refractivity contribution >= 4 is 28.9 Å². The van der Waals surface area contributed by atoms with Crippen LogP contribution in [0, 0.1) is 0 Å². The summed E-state index contributed by atoms with van der Waals surface area (Å²) in [4.78, 5) is 24.3. The normalized spacial score (nSPS) is 13.2. The maximum Gasteiger partial charge on any atom is 0.426 e. The third-order valence-corrected chi connectivity index (χ3v) is 6.31. The molecule has 0 saturated heterocycles. The summed E-state index contributed by atoms with van der Waals surface area (Å²) in [5.74, 6) is -0.614. The molecular formula is C24H20F3NO5S. The Hall–Kier alpha value is -3.53. The molecule has 0 fully saturated rings. The number of carboxylic acids is 1. The van der Waals surface area contributed by atoms with E-state index in [9.17, 15) is 22.8 Å². The van der Waals surface area contributed by atoms with E-state index < -0.39 is 17.0 Å². The second-order valence-electron chi connectivity index (χ2n) is 7.53. The van der Waals surface area contributed by atoms with Crippen molar-refractivity contribution < 1.29 is 37.3 Å². The van der Waals surface area contributed by atoms with Crippen LogP contribution in [0.4, 0.5) is 18.9 Å². The SMILES string of the molecule is O=C(O)CCC(=O)N1CCOc2cc(OCc3cc(-c4ccccc4)c(C(F)(F)F)s3)ccc21. The van der Waals surface area contributed by atoms with Crippen LogP contribution in [0.3, 0.4) is 0 Å². The van der Waals surface area contributed by atoms with Crippen molar-refractivity contribution in [2.45, 2.75) is 25.6 Å². The van der Waals surface area contributed by atoms with Crippen molar-refractivity contribution in [1.82, 2.24) is 0 Å². The molecule has 2 heterocycles. The van der Waals surface area contributed by atoms with Crippen molar-refractivity contribution in [3.05, 3.63) is 64.4 Å². The van der Waals surface area contributed by atoms with Crippen molar-refractivity contribution in [1.29, 1.82) is 0 Å². The number of halogens is 3. The van der Waals surface area contributed by atoms with E-state index in [0.29, 0.717) is 45.5 Å². The largest absolute Gasteiger partial charge is 0.489 e. The van der Waals surface area contributed by atoms with Gasteiger partial charge in [-0.3, -0.25) is 9.59 Å². The highest BCUT2D eigenvalue weighted by Crippen LogP contribution is 2.43. The molecule has 0 saturated carbocycles. The standard InChI is InChI=1S/C24H20F3NO5S/c25-24(26,27)23-18(15-4-2-1-3-5-15)13-17(34-23)14-33-16-6-7-19-20(12-16)32-11-10-28(19)21(29)8-9-22(30)31/h1-7,12-13H,8-11,14H2,(H,30,31). The summed E-state index contributed by atoms with van der Waals surface area (Å²) in [6.45, 7) is 0.458. The molecule has 0 spiro atoms. The van der Waals surface area contributed by atoms with Crippen LogP contribution in [-0.2, 0) is 22.4 Å². The fourth-order valence-corrected chi connectivity index (χ4v) is 4.57. The maximum atomic E-state index is 13.6. The van der Waals surface area contributed by atoms with Crippen LogP contribution < -0.4 is 14.4 Å². The molecule has 2 aromatic carbocycles. The Bertz CT molecular complexity index is 1190. The zero-order chi connectivity index (χ0) is 24.3. The number of hydrogen-bond donors (Lipinski definition) is 1. The van der Waals surface area contributed by atoms with Gasteiger partial charge in [-0.2, -0.15) is 13.2 Å². The van der Waals surface area contributed by atoms with E-state index in [1.54, 1.807) is 48.5 Å². The summed E-state index contributed by atoms with van der Waals surface area (Å²) >= 11 is 0.639. The molecule has 1 aromatic heterocycles. The number of thiophene rings is 1. The molecule has 1 aliphatic heterocycles. The number of carbonyl (C=O) groups is 2. The van der Waals surface area contributed by atoms with E-state index >= 15 is 0 Å². The summed E-state index contributed by atoms with van der Waals surface area (Å²) < 4.78 is 52.1. The fraction of sp³-hybridized carbons (Fsp3) is 0.250. The summed E-state index contributed by atoms with van der Waals surface area (Å²) in [5.41, 5.74) is 1.09. The Morgan fingerprint density at radius 3 is 2.56 bits per heavy atom. The van der Waals surface area contributed by atoms with Gasteiger partial charge in [-0.1, -0.05) is 30.3 Å². The number of alkyl halides is 3. The third kappa shape index (κ3) is 5.33. The molecule has 0 aliphatic carbocycles. The maximum absolute atomic E-state index is 13.6. The highest BCUT2D eigenvalue weighted by molar-refractivity contribution is 7.12. The van der Waals surface area contributed by atoms with Crippen molar-refractivity contribution in [2.75, 3.05) is 18.1 Å². The topological polar surface area (TPSA) is 76.1 Å². The number of aliphatic carboxylic acids is 1. The fourth-order valence-electron chi connectivity index (χ4n) is 3.61. The van der Waals surface area contributed by atoms with Gasteiger partial charge in [-0.15, -0.1) is 11.3 Å². The lowest BCUT2D eigenvalue weighted by Crippen LogP contribution is -2.38. The average Bonchev–Trinajstić information content (AvgIpc) is 3.26. The lowest BCUT2D eigenvalue weighted by atomic mass is 10.1. The zero-order valence-electron chi connectivity index (χ0n) is 17.8. The van der Waals surface area contributed by atoms with E-state index in [-0.39, 0.29) is 37.5 Å². The predicted molar refractivity (Wildman–Crippen MR) is 120 cm³/mol. The lowest BCUT2D eigenvalue weighted by molar-refractivity contribution is -0.138. The molecule has 1 amide bonds. The van der Waals surface area contributed by atoms with Crippen molar-refractivity contribution in [2.24, 2.45) is 0 Å². The van der Waals surface area contributed by atoms with E-state index in [1.165, 1.54) is 11.0 Å². The van der Waals surface area contributed by atoms with Gasteiger partial charge in [0.1, 0.15) is 29.6 Å². The van der Waals surface area contributed by atoms with Crippen LogP contribution >= 0.6 is 11.3 Å². The Morgan fingerprint density at radius 1 is 1.09 bits per heavy atom. The van der Waals surface area contributed by atoms with Crippen molar-refractivity contribution in [3.63, 3.8) is 0 Å². The Labute approximate surface area is 197 Å². The first kappa shape index (κ1) is 23.6. The molecular weight excluding hydrogens is 471 g/mol. The van der Waals surface area contributed by atoms with Gasteiger partial charge in [-0.25, -0.2) is 0 Å². The molecule has 10 heteroatoms. The summed E-state index contributed by atoms with van der Waals surface area (Å²) in [6.07, 6.45) is -4.88. The molecule has 0 atom stereocenters. The third-order valence-electron chi connectivity index (χ3n) is 5.15. The number of nitrogens with zero attached hydrogens (tertiary/aromatic N) is 1. The number of fused-ring (bicyclic) bond motifs is 1. The predicted octanol–water partition coefficient (Wildman–Crippen LogP) is 5.60. The monoisotopic (exact) mass is 491 g/mol. The van der Waals surface area contributed by atoms with Crippen molar-refractivity contribution in [3.8, 4) is 22.6 Å². The van der Waals surface area contributed by atoms with Gasteiger partial charge in [-0.05, 0) is 23.8 Å². The molecule has 4 rings (SSSR count). The zero-order valence-corrected chi connectivity index (χ0v) is 18.6. The van der Waals surface area contributed by atoms with Gasteiger partial charge < -0.3 is 19.5 Å².